The Morgan fingerprint density at radius 3 is 2.52 bits per heavy atom. The Balaban J connectivity index is 2.03. The van der Waals surface area contributed by atoms with Crippen LogP contribution in [0.1, 0.15) is 47.0 Å². The molecule has 0 saturated heterocycles. The summed E-state index contributed by atoms with van der Waals surface area (Å²) in [7, 11) is 3.31. The molecule has 1 heterocycles. The number of likely N-dealkylation sites (N-methyl/N-ethyl adjacent to an activating group) is 1. The van der Waals surface area contributed by atoms with Gasteiger partial charge < -0.3 is 20.7 Å². The standard InChI is InChI=1S/C20H32N4O4S/c1-4-9-21-16(25)12-24(2)13-17(26)23-20-18(19(27)22-10-11-28-3)14-7-5-6-8-15(14)29-20/h4-13H2,1-3H3,(H,21,25)(H,22,27)(H,23,26). The topological polar surface area (TPSA) is 99.8 Å². The number of carbonyl (C=O) groups is 3. The number of carbonyl (C=O) groups excluding carboxylic acids is 3. The van der Waals surface area contributed by atoms with E-state index in [1.165, 1.54) is 16.2 Å². The first kappa shape index (κ1) is 23.3. The normalized spacial score (nSPS) is 13.1. The van der Waals surface area contributed by atoms with Crippen LogP contribution in [0.5, 0.6) is 0 Å². The number of thiophene rings is 1. The van der Waals surface area contributed by atoms with Gasteiger partial charge in [-0.05, 0) is 44.7 Å². The van der Waals surface area contributed by atoms with E-state index in [1.807, 2.05) is 6.92 Å². The van der Waals surface area contributed by atoms with Crippen LogP contribution < -0.4 is 16.0 Å². The molecule has 0 bridgehead atoms. The number of hydrogen-bond donors (Lipinski definition) is 3. The van der Waals surface area contributed by atoms with Crippen LogP contribution in [0.25, 0.3) is 0 Å². The lowest BCUT2D eigenvalue weighted by Crippen LogP contribution is -2.39. The Hall–Kier alpha value is -1.97. The van der Waals surface area contributed by atoms with Gasteiger partial charge in [-0.15, -0.1) is 11.3 Å². The van der Waals surface area contributed by atoms with E-state index in [9.17, 15) is 14.4 Å². The summed E-state index contributed by atoms with van der Waals surface area (Å²) in [6.07, 6.45) is 4.80. The van der Waals surface area contributed by atoms with Gasteiger partial charge in [0.1, 0.15) is 5.00 Å². The Labute approximate surface area is 176 Å². The van der Waals surface area contributed by atoms with Crippen LogP contribution in [0.3, 0.4) is 0 Å². The molecule has 8 nitrogen and oxygen atoms in total. The minimum Gasteiger partial charge on any atom is -0.383 e. The van der Waals surface area contributed by atoms with Gasteiger partial charge in [0.2, 0.25) is 11.8 Å². The van der Waals surface area contributed by atoms with Crippen molar-refractivity contribution < 1.29 is 19.1 Å². The quantitative estimate of drug-likeness (QED) is 0.466. The maximum atomic E-state index is 12.7. The molecule has 9 heteroatoms. The molecule has 0 aromatic carbocycles. The predicted molar refractivity (Wildman–Crippen MR) is 115 cm³/mol. The highest BCUT2D eigenvalue weighted by atomic mass is 32.1. The number of nitrogens with zero attached hydrogens (tertiary/aromatic N) is 1. The molecule has 1 aromatic heterocycles. The third-order valence-electron chi connectivity index (χ3n) is 4.64. The van der Waals surface area contributed by atoms with Crippen molar-refractivity contribution in [2.24, 2.45) is 0 Å². The highest BCUT2D eigenvalue weighted by molar-refractivity contribution is 7.17. The molecule has 1 aromatic rings. The maximum absolute atomic E-state index is 12.7. The fourth-order valence-electron chi connectivity index (χ4n) is 3.28. The molecule has 0 spiro atoms. The molecule has 0 fully saturated rings. The van der Waals surface area contributed by atoms with Gasteiger partial charge >= 0.3 is 0 Å². The van der Waals surface area contributed by atoms with E-state index in [-0.39, 0.29) is 30.8 Å². The smallest absolute Gasteiger partial charge is 0.254 e. The van der Waals surface area contributed by atoms with Gasteiger partial charge in [0.25, 0.3) is 5.91 Å². The van der Waals surface area contributed by atoms with E-state index in [0.717, 1.165) is 37.7 Å². The summed E-state index contributed by atoms with van der Waals surface area (Å²) < 4.78 is 5.00. The monoisotopic (exact) mass is 424 g/mol. The summed E-state index contributed by atoms with van der Waals surface area (Å²) in [5.74, 6) is -0.517. The maximum Gasteiger partial charge on any atom is 0.254 e. The number of ether oxygens (including phenoxy) is 1. The van der Waals surface area contributed by atoms with Gasteiger partial charge in [-0.1, -0.05) is 6.92 Å². The van der Waals surface area contributed by atoms with Gasteiger partial charge in [-0.3, -0.25) is 19.3 Å². The average Bonchev–Trinajstić information content (AvgIpc) is 3.03. The van der Waals surface area contributed by atoms with Crippen LogP contribution in [0.4, 0.5) is 5.00 Å². The van der Waals surface area contributed by atoms with Gasteiger partial charge in [0.15, 0.2) is 0 Å². The molecule has 0 atom stereocenters. The van der Waals surface area contributed by atoms with Crippen LogP contribution in [0.15, 0.2) is 0 Å². The second-order valence-corrected chi connectivity index (χ2v) is 8.34. The molecule has 3 N–H and O–H groups in total. The zero-order chi connectivity index (χ0) is 21.2. The lowest BCUT2D eigenvalue weighted by molar-refractivity contribution is -0.122. The van der Waals surface area contributed by atoms with Crippen molar-refractivity contribution >= 4 is 34.1 Å². The van der Waals surface area contributed by atoms with Gasteiger partial charge in [0, 0.05) is 25.1 Å². The third kappa shape index (κ3) is 7.09. The van der Waals surface area contributed by atoms with Crippen molar-refractivity contribution in [2.75, 3.05) is 52.3 Å². The number of aryl methyl sites for hydroxylation is 1. The second kappa shape index (κ2) is 11.9. The van der Waals surface area contributed by atoms with Crippen LogP contribution in [0.2, 0.25) is 0 Å². The summed E-state index contributed by atoms with van der Waals surface area (Å²) in [6, 6.07) is 0. The number of hydrogen-bond acceptors (Lipinski definition) is 6. The van der Waals surface area contributed by atoms with Crippen molar-refractivity contribution in [3.8, 4) is 0 Å². The zero-order valence-electron chi connectivity index (χ0n) is 17.6. The molecule has 1 aliphatic rings. The van der Waals surface area contributed by atoms with E-state index < -0.39 is 0 Å². The zero-order valence-corrected chi connectivity index (χ0v) is 18.4. The first-order chi connectivity index (χ1) is 14.0. The van der Waals surface area contributed by atoms with Crippen molar-refractivity contribution in [2.45, 2.75) is 39.0 Å². The van der Waals surface area contributed by atoms with Crippen LogP contribution in [0, 0.1) is 0 Å². The average molecular weight is 425 g/mol. The number of rotatable bonds is 11. The first-order valence-electron chi connectivity index (χ1n) is 10.1. The van der Waals surface area contributed by atoms with Gasteiger partial charge in [0.05, 0.1) is 25.3 Å². The summed E-state index contributed by atoms with van der Waals surface area (Å²) in [6.45, 7) is 3.70. The lowest BCUT2D eigenvalue weighted by Gasteiger charge is -2.16. The van der Waals surface area contributed by atoms with Crippen LogP contribution in [-0.2, 0) is 27.2 Å². The fourth-order valence-corrected chi connectivity index (χ4v) is 4.58. The summed E-state index contributed by atoms with van der Waals surface area (Å²) in [5, 5.41) is 9.16. The number of nitrogens with one attached hydrogen (secondary N) is 3. The SMILES string of the molecule is CCCNC(=O)CN(C)CC(=O)Nc1sc2c(c1C(=O)NCCOC)CCCC2. The van der Waals surface area contributed by atoms with Crippen molar-refractivity contribution in [1.82, 2.24) is 15.5 Å². The van der Waals surface area contributed by atoms with Crippen LogP contribution in [-0.4, -0.2) is 69.6 Å². The van der Waals surface area contributed by atoms with Gasteiger partial charge in [-0.25, -0.2) is 0 Å². The molecular weight excluding hydrogens is 392 g/mol. The highest BCUT2D eigenvalue weighted by Gasteiger charge is 2.26. The van der Waals surface area contributed by atoms with Crippen LogP contribution >= 0.6 is 11.3 Å². The van der Waals surface area contributed by atoms with Crippen molar-refractivity contribution in [1.29, 1.82) is 0 Å². The predicted octanol–water partition coefficient (Wildman–Crippen LogP) is 1.40. The van der Waals surface area contributed by atoms with E-state index in [2.05, 4.69) is 16.0 Å². The molecule has 0 saturated carbocycles. The Bertz CT molecular complexity index is 720. The lowest BCUT2D eigenvalue weighted by atomic mass is 9.95. The van der Waals surface area contributed by atoms with E-state index in [0.29, 0.717) is 30.3 Å². The van der Waals surface area contributed by atoms with Gasteiger partial charge in [-0.2, -0.15) is 0 Å². The molecule has 29 heavy (non-hydrogen) atoms. The molecule has 2 rings (SSSR count). The molecule has 0 radical (unpaired) electrons. The molecule has 0 aliphatic heterocycles. The minimum atomic E-state index is -0.236. The highest BCUT2D eigenvalue weighted by Crippen LogP contribution is 2.38. The number of fused-ring (bicyclic) bond motifs is 1. The number of amides is 3. The number of methoxy groups -OCH3 is 1. The summed E-state index contributed by atoms with van der Waals surface area (Å²) in [4.78, 5) is 39.9. The fraction of sp³-hybridized carbons (Fsp3) is 0.650. The van der Waals surface area contributed by atoms with Crippen molar-refractivity contribution in [3.05, 3.63) is 16.0 Å². The molecular formula is C20H32N4O4S. The van der Waals surface area contributed by atoms with E-state index in [1.54, 1.807) is 19.1 Å². The van der Waals surface area contributed by atoms with E-state index in [4.69, 9.17) is 4.74 Å². The Morgan fingerprint density at radius 2 is 1.79 bits per heavy atom. The largest absolute Gasteiger partial charge is 0.383 e. The second-order valence-electron chi connectivity index (χ2n) is 7.23. The minimum absolute atomic E-state index is 0.0762. The molecule has 1 aliphatic carbocycles. The third-order valence-corrected chi connectivity index (χ3v) is 5.85. The summed E-state index contributed by atoms with van der Waals surface area (Å²) in [5.41, 5.74) is 1.64. The molecule has 162 valence electrons. The molecule has 3 amide bonds. The number of anilines is 1. The summed E-state index contributed by atoms with van der Waals surface area (Å²) >= 11 is 1.49. The van der Waals surface area contributed by atoms with E-state index >= 15 is 0 Å². The first-order valence-corrected chi connectivity index (χ1v) is 10.9. The Morgan fingerprint density at radius 1 is 1.07 bits per heavy atom. The van der Waals surface area contributed by atoms with Crippen molar-refractivity contribution in [3.63, 3.8) is 0 Å². The Kier molecular flexibility index (Phi) is 9.56. The molecule has 0 unspecified atom stereocenters.